The molecule has 0 aromatic heterocycles. The molecule has 0 spiro atoms. The van der Waals surface area contributed by atoms with Gasteiger partial charge in [0, 0.05) is 30.4 Å². The van der Waals surface area contributed by atoms with Crippen molar-refractivity contribution in [2.75, 3.05) is 12.4 Å². The van der Waals surface area contributed by atoms with Crippen LogP contribution in [0.15, 0.2) is 36.4 Å². The predicted octanol–water partition coefficient (Wildman–Crippen LogP) is 3.33. The molecule has 0 aliphatic rings. The highest BCUT2D eigenvalue weighted by molar-refractivity contribution is 6.32. The molecule has 0 bridgehead atoms. The Morgan fingerprint density at radius 2 is 1.95 bits per heavy atom. The van der Waals surface area contributed by atoms with Crippen molar-refractivity contribution in [3.63, 3.8) is 0 Å². The van der Waals surface area contributed by atoms with E-state index in [1.165, 1.54) is 0 Å². The predicted molar refractivity (Wildman–Crippen MR) is 85.0 cm³/mol. The molecule has 3 N–H and O–H groups in total. The van der Waals surface area contributed by atoms with Gasteiger partial charge >= 0.3 is 0 Å². The third-order valence-electron chi connectivity index (χ3n) is 3.35. The van der Waals surface area contributed by atoms with E-state index in [9.17, 15) is 9.90 Å². The molecule has 21 heavy (non-hydrogen) atoms. The lowest BCUT2D eigenvalue weighted by Gasteiger charge is -2.13. The van der Waals surface area contributed by atoms with Crippen molar-refractivity contribution in [2.45, 2.75) is 13.5 Å². The van der Waals surface area contributed by atoms with E-state index in [4.69, 9.17) is 11.6 Å². The molecule has 0 unspecified atom stereocenters. The lowest BCUT2D eigenvalue weighted by atomic mass is 10.1. The van der Waals surface area contributed by atoms with Gasteiger partial charge in [-0.15, -0.1) is 0 Å². The smallest absolute Gasteiger partial charge is 0.251 e. The lowest BCUT2D eigenvalue weighted by Crippen LogP contribution is -2.19. The van der Waals surface area contributed by atoms with Crippen molar-refractivity contribution in [3.8, 4) is 5.75 Å². The number of phenols is 1. The van der Waals surface area contributed by atoms with Gasteiger partial charge in [0.15, 0.2) is 0 Å². The van der Waals surface area contributed by atoms with E-state index in [0.29, 0.717) is 22.7 Å². The van der Waals surface area contributed by atoms with Crippen LogP contribution in [0.3, 0.4) is 0 Å². The first-order valence-electron chi connectivity index (χ1n) is 6.56. The van der Waals surface area contributed by atoms with E-state index in [1.807, 2.05) is 19.1 Å². The summed E-state index contributed by atoms with van der Waals surface area (Å²) >= 11 is 5.88. The van der Waals surface area contributed by atoms with Crippen LogP contribution in [0.4, 0.5) is 5.69 Å². The number of nitrogens with one attached hydrogen (secondary N) is 2. The Morgan fingerprint density at radius 1 is 1.24 bits per heavy atom. The van der Waals surface area contributed by atoms with Crippen LogP contribution in [0, 0.1) is 6.92 Å². The van der Waals surface area contributed by atoms with E-state index >= 15 is 0 Å². The maximum atomic E-state index is 11.8. The van der Waals surface area contributed by atoms with Crippen LogP contribution in [-0.4, -0.2) is 18.1 Å². The second-order valence-electron chi connectivity index (χ2n) is 4.66. The van der Waals surface area contributed by atoms with Crippen molar-refractivity contribution in [1.82, 2.24) is 5.32 Å². The summed E-state index contributed by atoms with van der Waals surface area (Å²) < 4.78 is 0. The van der Waals surface area contributed by atoms with E-state index in [2.05, 4.69) is 10.6 Å². The van der Waals surface area contributed by atoms with Gasteiger partial charge in [0.25, 0.3) is 5.91 Å². The zero-order valence-electron chi connectivity index (χ0n) is 11.9. The van der Waals surface area contributed by atoms with E-state index in [-0.39, 0.29) is 11.7 Å². The molecule has 0 atom stereocenters. The molecule has 2 aromatic rings. The Balaban J connectivity index is 2.21. The van der Waals surface area contributed by atoms with Gasteiger partial charge in [-0.3, -0.25) is 4.79 Å². The summed E-state index contributed by atoms with van der Waals surface area (Å²) in [6.45, 7) is 2.30. The first-order chi connectivity index (χ1) is 10.0. The van der Waals surface area contributed by atoms with E-state index < -0.39 is 0 Å². The summed E-state index contributed by atoms with van der Waals surface area (Å²) in [6, 6.07) is 10.7. The summed E-state index contributed by atoms with van der Waals surface area (Å²) in [6.07, 6.45) is 0. The Bertz CT molecular complexity index is 671. The summed E-state index contributed by atoms with van der Waals surface area (Å²) in [5.74, 6) is -0.0477. The maximum Gasteiger partial charge on any atom is 0.251 e. The number of amides is 1. The standard InChI is InChI=1S/C16H17ClN2O2/c1-10-12(16(21)18-2)6-4-8-14(10)19-9-11-5-3-7-13(17)15(11)20/h3-8,19-20H,9H2,1-2H3,(H,18,21). The number of anilines is 1. The van der Waals surface area contributed by atoms with Crippen LogP contribution < -0.4 is 10.6 Å². The molecule has 2 aromatic carbocycles. The number of hydrogen-bond donors (Lipinski definition) is 3. The maximum absolute atomic E-state index is 11.8. The largest absolute Gasteiger partial charge is 0.506 e. The van der Waals surface area contributed by atoms with Crippen LogP contribution in [0.5, 0.6) is 5.75 Å². The molecule has 0 saturated carbocycles. The molecule has 1 amide bonds. The van der Waals surface area contributed by atoms with E-state index in [0.717, 1.165) is 11.3 Å². The van der Waals surface area contributed by atoms with Crippen LogP contribution in [0.2, 0.25) is 5.02 Å². The SMILES string of the molecule is CNC(=O)c1cccc(NCc2cccc(Cl)c2O)c1C. The minimum atomic E-state index is -0.123. The molecule has 2 rings (SSSR count). The third kappa shape index (κ3) is 3.28. The zero-order valence-corrected chi connectivity index (χ0v) is 12.7. The molecule has 0 heterocycles. The summed E-state index contributed by atoms with van der Waals surface area (Å²) in [7, 11) is 1.60. The quantitative estimate of drug-likeness (QED) is 0.812. The Hall–Kier alpha value is -2.20. The molecule has 0 fully saturated rings. The van der Waals surface area contributed by atoms with Crippen molar-refractivity contribution < 1.29 is 9.90 Å². The van der Waals surface area contributed by atoms with Crippen molar-refractivity contribution >= 4 is 23.2 Å². The molecule has 0 radical (unpaired) electrons. The first kappa shape index (κ1) is 15.2. The molecule has 0 saturated heterocycles. The summed E-state index contributed by atoms with van der Waals surface area (Å²) in [5.41, 5.74) is 3.03. The summed E-state index contributed by atoms with van der Waals surface area (Å²) in [5, 5.41) is 16.0. The number of para-hydroxylation sites is 1. The minimum absolute atomic E-state index is 0.0757. The number of rotatable bonds is 4. The fourth-order valence-corrected chi connectivity index (χ4v) is 2.30. The van der Waals surface area contributed by atoms with Gasteiger partial charge in [-0.05, 0) is 30.7 Å². The van der Waals surface area contributed by atoms with Gasteiger partial charge in [-0.1, -0.05) is 29.8 Å². The molecule has 0 aliphatic carbocycles. The highest BCUT2D eigenvalue weighted by Gasteiger charge is 2.11. The Morgan fingerprint density at radius 3 is 2.67 bits per heavy atom. The number of halogens is 1. The van der Waals surface area contributed by atoms with Crippen molar-refractivity contribution in [2.24, 2.45) is 0 Å². The van der Waals surface area contributed by atoms with Crippen LogP contribution in [0.1, 0.15) is 21.5 Å². The highest BCUT2D eigenvalue weighted by Crippen LogP contribution is 2.28. The lowest BCUT2D eigenvalue weighted by molar-refractivity contribution is 0.0962. The monoisotopic (exact) mass is 304 g/mol. The zero-order chi connectivity index (χ0) is 15.4. The van der Waals surface area contributed by atoms with Crippen molar-refractivity contribution in [1.29, 1.82) is 0 Å². The van der Waals surface area contributed by atoms with Crippen molar-refractivity contribution in [3.05, 3.63) is 58.1 Å². The number of phenolic OH excluding ortho intramolecular Hbond substituents is 1. The molecule has 4 nitrogen and oxygen atoms in total. The van der Waals surface area contributed by atoms with Gasteiger partial charge in [-0.25, -0.2) is 0 Å². The molecule has 5 heteroatoms. The Kier molecular flexibility index (Phi) is 4.70. The summed E-state index contributed by atoms with van der Waals surface area (Å²) in [4.78, 5) is 11.8. The van der Waals surface area contributed by atoms with Crippen LogP contribution >= 0.6 is 11.6 Å². The van der Waals surface area contributed by atoms with Gasteiger partial charge in [0.05, 0.1) is 5.02 Å². The molecular weight excluding hydrogens is 288 g/mol. The second kappa shape index (κ2) is 6.50. The number of benzene rings is 2. The minimum Gasteiger partial charge on any atom is -0.506 e. The first-order valence-corrected chi connectivity index (χ1v) is 6.94. The second-order valence-corrected chi connectivity index (χ2v) is 5.07. The number of hydrogen-bond acceptors (Lipinski definition) is 3. The normalized spacial score (nSPS) is 10.2. The Labute approximate surface area is 128 Å². The molecule has 110 valence electrons. The number of carbonyl (C=O) groups is 1. The van der Waals surface area contributed by atoms with Gasteiger partial charge in [-0.2, -0.15) is 0 Å². The number of carbonyl (C=O) groups excluding carboxylic acids is 1. The van der Waals surface area contributed by atoms with Gasteiger partial charge in [0.1, 0.15) is 5.75 Å². The van der Waals surface area contributed by atoms with Crippen LogP contribution in [0.25, 0.3) is 0 Å². The fourth-order valence-electron chi connectivity index (χ4n) is 2.10. The highest BCUT2D eigenvalue weighted by atomic mass is 35.5. The van der Waals surface area contributed by atoms with Gasteiger partial charge < -0.3 is 15.7 Å². The van der Waals surface area contributed by atoms with Gasteiger partial charge in [0.2, 0.25) is 0 Å². The average Bonchev–Trinajstić information content (AvgIpc) is 2.49. The van der Waals surface area contributed by atoms with E-state index in [1.54, 1.807) is 31.3 Å². The fraction of sp³-hybridized carbons (Fsp3) is 0.188. The number of aromatic hydroxyl groups is 1. The average molecular weight is 305 g/mol. The van der Waals surface area contributed by atoms with Crippen LogP contribution in [-0.2, 0) is 6.54 Å². The molecular formula is C16H17ClN2O2. The molecule has 0 aliphatic heterocycles. The topological polar surface area (TPSA) is 61.4 Å². The third-order valence-corrected chi connectivity index (χ3v) is 3.65.